The van der Waals surface area contributed by atoms with Crippen LogP contribution in [0.1, 0.15) is 15.9 Å². The summed E-state index contributed by atoms with van der Waals surface area (Å²) in [5.74, 6) is -0.0552. The number of hydrogen-bond donors (Lipinski definition) is 2. The van der Waals surface area contributed by atoms with Gasteiger partial charge in [0, 0.05) is 25.2 Å². The van der Waals surface area contributed by atoms with Gasteiger partial charge in [0.2, 0.25) is 5.91 Å². The Labute approximate surface area is 152 Å². The van der Waals surface area contributed by atoms with Crippen molar-refractivity contribution in [1.82, 2.24) is 10.2 Å². The fraction of sp³-hybridized carbons (Fsp3) is 0.300. The van der Waals surface area contributed by atoms with Crippen LogP contribution in [0.25, 0.3) is 0 Å². The van der Waals surface area contributed by atoms with E-state index in [0.29, 0.717) is 38.2 Å². The third-order valence-electron chi connectivity index (χ3n) is 4.31. The molecule has 2 amide bonds. The number of nitrogens with one attached hydrogen (secondary N) is 1. The number of amides is 2. The number of morpholine rings is 1. The van der Waals surface area contributed by atoms with Crippen LogP contribution in [-0.2, 0) is 16.0 Å². The SMILES string of the molecule is O=C(NCC1CN(C(=O)Cc2ccccc2)CCO1)c1ccc(O)cc1. The van der Waals surface area contributed by atoms with E-state index in [1.807, 2.05) is 30.3 Å². The first-order valence-corrected chi connectivity index (χ1v) is 8.62. The van der Waals surface area contributed by atoms with Crippen LogP contribution in [0.3, 0.4) is 0 Å². The third kappa shape index (κ3) is 4.83. The third-order valence-corrected chi connectivity index (χ3v) is 4.31. The molecule has 1 aliphatic rings. The van der Waals surface area contributed by atoms with E-state index in [9.17, 15) is 14.7 Å². The average molecular weight is 354 g/mol. The lowest BCUT2D eigenvalue weighted by atomic mass is 10.1. The van der Waals surface area contributed by atoms with Gasteiger partial charge in [-0.1, -0.05) is 30.3 Å². The van der Waals surface area contributed by atoms with Gasteiger partial charge in [-0.3, -0.25) is 9.59 Å². The summed E-state index contributed by atoms with van der Waals surface area (Å²) in [5.41, 5.74) is 1.46. The summed E-state index contributed by atoms with van der Waals surface area (Å²) in [4.78, 5) is 26.4. The summed E-state index contributed by atoms with van der Waals surface area (Å²) in [7, 11) is 0. The minimum absolute atomic E-state index is 0.0642. The van der Waals surface area contributed by atoms with E-state index in [1.54, 1.807) is 17.0 Å². The smallest absolute Gasteiger partial charge is 0.251 e. The van der Waals surface area contributed by atoms with E-state index < -0.39 is 0 Å². The van der Waals surface area contributed by atoms with Gasteiger partial charge in [0.05, 0.1) is 19.1 Å². The average Bonchev–Trinajstić information content (AvgIpc) is 2.67. The van der Waals surface area contributed by atoms with E-state index in [0.717, 1.165) is 5.56 Å². The first-order valence-electron chi connectivity index (χ1n) is 8.62. The fourth-order valence-electron chi connectivity index (χ4n) is 2.87. The van der Waals surface area contributed by atoms with Crippen molar-refractivity contribution < 1.29 is 19.4 Å². The molecule has 1 unspecified atom stereocenters. The monoisotopic (exact) mass is 354 g/mol. The molecule has 3 rings (SSSR count). The topological polar surface area (TPSA) is 78.9 Å². The molecule has 0 radical (unpaired) electrons. The molecule has 1 heterocycles. The second-order valence-corrected chi connectivity index (χ2v) is 6.25. The number of hydrogen-bond acceptors (Lipinski definition) is 4. The van der Waals surface area contributed by atoms with Crippen LogP contribution < -0.4 is 5.32 Å². The Hall–Kier alpha value is -2.86. The number of aromatic hydroxyl groups is 1. The molecule has 1 fully saturated rings. The summed E-state index contributed by atoms with van der Waals surface area (Å²) in [6.45, 7) is 1.81. The second kappa shape index (κ2) is 8.49. The molecule has 1 atom stereocenters. The van der Waals surface area contributed by atoms with Crippen LogP contribution in [-0.4, -0.2) is 54.2 Å². The molecule has 0 spiro atoms. The van der Waals surface area contributed by atoms with Crippen molar-refractivity contribution in [3.05, 3.63) is 65.7 Å². The van der Waals surface area contributed by atoms with Crippen molar-refractivity contribution in [2.45, 2.75) is 12.5 Å². The van der Waals surface area contributed by atoms with Crippen LogP contribution >= 0.6 is 0 Å². The molecule has 1 aliphatic heterocycles. The highest BCUT2D eigenvalue weighted by molar-refractivity contribution is 5.94. The molecule has 0 aliphatic carbocycles. The number of phenols is 1. The largest absolute Gasteiger partial charge is 0.508 e. The summed E-state index contributed by atoms with van der Waals surface area (Å²) < 4.78 is 5.67. The van der Waals surface area contributed by atoms with Crippen LogP contribution in [0, 0.1) is 0 Å². The highest BCUT2D eigenvalue weighted by atomic mass is 16.5. The Kier molecular flexibility index (Phi) is 5.86. The Bertz CT molecular complexity index is 746. The highest BCUT2D eigenvalue weighted by Gasteiger charge is 2.24. The minimum atomic E-state index is -0.235. The lowest BCUT2D eigenvalue weighted by molar-refractivity contribution is -0.137. The number of nitrogens with zero attached hydrogens (tertiary/aromatic N) is 1. The summed E-state index contributed by atoms with van der Waals surface area (Å²) in [6, 6.07) is 15.7. The minimum Gasteiger partial charge on any atom is -0.508 e. The molecule has 0 aromatic heterocycles. The molecular formula is C20H22N2O4. The van der Waals surface area contributed by atoms with Crippen LogP contribution in [0.5, 0.6) is 5.75 Å². The number of carbonyl (C=O) groups is 2. The molecule has 2 aromatic rings. The van der Waals surface area contributed by atoms with Crippen LogP contribution in [0.4, 0.5) is 0 Å². The van der Waals surface area contributed by atoms with Gasteiger partial charge in [-0.05, 0) is 29.8 Å². The van der Waals surface area contributed by atoms with E-state index in [4.69, 9.17) is 4.74 Å². The molecule has 136 valence electrons. The Morgan fingerprint density at radius 2 is 1.85 bits per heavy atom. The lowest BCUT2D eigenvalue weighted by Crippen LogP contribution is -2.50. The zero-order valence-corrected chi connectivity index (χ0v) is 14.4. The maximum atomic E-state index is 12.5. The van der Waals surface area contributed by atoms with Crippen molar-refractivity contribution >= 4 is 11.8 Å². The molecule has 2 aromatic carbocycles. The zero-order chi connectivity index (χ0) is 18.4. The molecule has 1 saturated heterocycles. The lowest BCUT2D eigenvalue weighted by Gasteiger charge is -2.33. The van der Waals surface area contributed by atoms with Gasteiger partial charge >= 0.3 is 0 Å². The first kappa shape index (κ1) is 17.9. The van der Waals surface area contributed by atoms with Gasteiger partial charge in [0.15, 0.2) is 0 Å². The molecule has 6 nitrogen and oxygen atoms in total. The molecule has 26 heavy (non-hydrogen) atoms. The molecular weight excluding hydrogens is 332 g/mol. The van der Waals surface area contributed by atoms with Crippen LogP contribution in [0.15, 0.2) is 54.6 Å². The van der Waals surface area contributed by atoms with Crippen molar-refractivity contribution in [1.29, 1.82) is 0 Å². The Morgan fingerprint density at radius 1 is 1.12 bits per heavy atom. The van der Waals surface area contributed by atoms with Gasteiger partial charge in [0.25, 0.3) is 5.91 Å². The summed E-state index contributed by atoms with van der Waals surface area (Å²) in [6.07, 6.45) is 0.137. The van der Waals surface area contributed by atoms with Gasteiger partial charge < -0.3 is 20.1 Å². The summed E-state index contributed by atoms with van der Waals surface area (Å²) in [5, 5.41) is 12.1. The zero-order valence-electron chi connectivity index (χ0n) is 14.4. The molecule has 6 heteroatoms. The second-order valence-electron chi connectivity index (χ2n) is 6.25. The summed E-state index contributed by atoms with van der Waals surface area (Å²) >= 11 is 0. The van der Waals surface area contributed by atoms with E-state index in [1.165, 1.54) is 12.1 Å². The van der Waals surface area contributed by atoms with E-state index >= 15 is 0 Å². The van der Waals surface area contributed by atoms with Gasteiger partial charge in [-0.2, -0.15) is 0 Å². The van der Waals surface area contributed by atoms with Crippen molar-refractivity contribution in [2.75, 3.05) is 26.2 Å². The predicted octanol–water partition coefficient (Wildman–Crippen LogP) is 1.59. The molecule has 2 N–H and O–H groups in total. The Balaban J connectivity index is 1.49. The van der Waals surface area contributed by atoms with Crippen molar-refractivity contribution in [3.8, 4) is 5.75 Å². The normalized spacial score (nSPS) is 16.9. The maximum absolute atomic E-state index is 12.5. The van der Waals surface area contributed by atoms with E-state index in [2.05, 4.69) is 5.32 Å². The van der Waals surface area contributed by atoms with Crippen LogP contribution in [0.2, 0.25) is 0 Å². The van der Waals surface area contributed by atoms with Crippen molar-refractivity contribution in [3.63, 3.8) is 0 Å². The van der Waals surface area contributed by atoms with Gasteiger partial charge in [0.1, 0.15) is 5.75 Å². The van der Waals surface area contributed by atoms with Gasteiger partial charge in [-0.25, -0.2) is 0 Å². The van der Waals surface area contributed by atoms with Crippen molar-refractivity contribution in [2.24, 2.45) is 0 Å². The highest BCUT2D eigenvalue weighted by Crippen LogP contribution is 2.11. The standard InChI is InChI=1S/C20H22N2O4/c23-17-8-6-16(7-9-17)20(25)21-13-18-14-22(10-11-26-18)19(24)12-15-4-2-1-3-5-15/h1-9,18,23H,10-14H2,(H,21,25). The number of benzene rings is 2. The van der Waals surface area contributed by atoms with Gasteiger partial charge in [-0.15, -0.1) is 0 Å². The number of phenolic OH excluding ortho intramolecular Hbond substituents is 1. The first-order chi connectivity index (χ1) is 12.6. The maximum Gasteiger partial charge on any atom is 0.251 e. The number of rotatable bonds is 5. The quantitative estimate of drug-likeness (QED) is 0.855. The van der Waals surface area contributed by atoms with E-state index in [-0.39, 0.29) is 23.7 Å². The molecule has 0 bridgehead atoms. The number of ether oxygens (including phenoxy) is 1. The fourth-order valence-corrected chi connectivity index (χ4v) is 2.87. The molecule has 0 saturated carbocycles. The Morgan fingerprint density at radius 3 is 2.58 bits per heavy atom. The number of carbonyl (C=O) groups excluding carboxylic acids is 2. The predicted molar refractivity (Wildman–Crippen MR) is 96.9 cm³/mol.